The monoisotopic (exact) mass is 331 g/mol. The number of hydrogen-bond donors (Lipinski definition) is 1. The quantitative estimate of drug-likeness (QED) is 0.934. The standard InChI is InChI=1S/C18H21NO3S/c1-18(2,3)15-7-5-6-8-16(15)19-17(20)13-9-11-14(12-10-13)23(4,21)22/h5-12H,1-4H3,(H,19,20). The second kappa shape index (κ2) is 6.16. The highest BCUT2D eigenvalue weighted by Crippen LogP contribution is 2.29. The first-order chi connectivity index (χ1) is 10.6. The lowest BCUT2D eigenvalue weighted by atomic mass is 9.86. The molecule has 0 unspecified atom stereocenters. The Morgan fingerprint density at radius 3 is 2.04 bits per heavy atom. The maximum atomic E-state index is 12.4. The third-order valence-corrected chi connectivity index (χ3v) is 4.66. The van der Waals surface area contributed by atoms with Gasteiger partial charge in [0.05, 0.1) is 4.90 Å². The van der Waals surface area contributed by atoms with Gasteiger partial charge in [-0.3, -0.25) is 4.79 Å². The molecule has 1 N–H and O–H groups in total. The van der Waals surface area contributed by atoms with Crippen molar-refractivity contribution in [1.82, 2.24) is 0 Å². The summed E-state index contributed by atoms with van der Waals surface area (Å²) in [5.74, 6) is -0.262. The van der Waals surface area contributed by atoms with E-state index in [1.807, 2.05) is 24.3 Å². The summed E-state index contributed by atoms with van der Waals surface area (Å²) in [5, 5.41) is 2.90. The van der Waals surface area contributed by atoms with Gasteiger partial charge in [-0.1, -0.05) is 39.0 Å². The molecule has 0 saturated heterocycles. The first-order valence-electron chi connectivity index (χ1n) is 7.30. The summed E-state index contributed by atoms with van der Waals surface area (Å²) in [4.78, 5) is 12.6. The largest absolute Gasteiger partial charge is 0.322 e. The van der Waals surface area contributed by atoms with E-state index in [1.54, 1.807) is 0 Å². The van der Waals surface area contributed by atoms with Gasteiger partial charge in [0.2, 0.25) is 0 Å². The van der Waals surface area contributed by atoms with Gasteiger partial charge in [-0.25, -0.2) is 8.42 Å². The van der Waals surface area contributed by atoms with Crippen LogP contribution in [0.3, 0.4) is 0 Å². The van der Waals surface area contributed by atoms with E-state index in [1.165, 1.54) is 24.3 Å². The number of anilines is 1. The number of benzene rings is 2. The summed E-state index contributed by atoms with van der Waals surface area (Å²) in [6.07, 6.45) is 1.14. The van der Waals surface area contributed by atoms with E-state index in [2.05, 4.69) is 26.1 Å². The van der Waals surface area contributed by atoms with Crippen LogP contribution in [0.15, 0.2) is 53.4 Å². The Bertz CT molecular complexity index is 816. The lowest BCUT2D eigenvalue weighted by Crippen LogP contribution is -2.18. The molecular formula is C18H21NO3S. The number of amides is 1. The van der Waals surface area contributed by atoms with Gasteiger partial charge in [0, 0.05) is 17.5 Å². The number of nitrogens with one attached hydrogen (secondary N) is 1. The van der Waals surface area contributed by atoms with Crippen molar-refractivity contribution >= 4 is 21.4 Å². The molecule has 0 aliphatic carbocycles. The van der Waals surface area contributed by atoms with Crippen LogP contribution < -0.4 is 5.32 Å². The Morgan fingerprint density at radius 2 is 1.52 bits per heavy atom. The Labute approximate surface area is 137 Å². The zero-order valence-corrected chi connectivity index (χ0v) is 14.6. The van der Waals surface area contributed by atoms with Crippen molar-refractivity contribution in [3.8, 4) is 0 Å². The highest BCUT2D eigenvalue weighted by molar-refractivity contribution is 7.90. The topological polar surface area (TPSA) is 63.2 Å². The molecule has 0 aromatic heterocycles. The predicted octanol–water partition coefficient (Wildman–Crippen LogP) is 3.64. The van der Waals surface area contributed by atoms with Gasteiger partial charge in [0.1, 0.15) is 0 Å². The van der Waals surface area contributed by atoms with E-state index in [-0.39, 0.29) is 16.2 Å². The minimum absolute atomic E-state index is 0.0932. The summed E-state index contributed by atoms with van der Waals surface area (Å²) in [6, 6.07) is 13.6. The molecule has 0 bridgehead atoms. The fraction of sp³-hybridized carbons (Fsp3) is 0.278. The SMILES string of the molecule is CC(C)(C)c1ccccc1NC(=O)c1ccc(S(C)(=O)=O)cc1. The van der Waals surface area contributed by atoms with Crippen molar-refractivity contribution in [3.05, 3.63) is 59.7 Å². The molecule has 4 nitrogen and oxygen atoms in total. The summed E-state index contributed by atoms with van der Waals surface area (Å²) < 4.78 is 22.9. The Hall–Kier alpha value is -2.14. The average Bonchev–Trinajstić information content (AvgIpc) is 2.46. The molecule has 0 saturated carbocycles. The Kier molecular flexibility index (Phi) is 4.61. The number of carbonyl (C=O) groups excluding carboxylic acids is 1. The van der Waals surface area contributed by atoms with Gasteiger partial charge in [0.15, 0.2) is 9.84 Å². The second-order valence-corrected chi connectivity index (χ2v) is 8.56. The minimum atomic E-state index is -3.26. The lowest BCUT2D eigenvalue weighted by Gasteiger charge is -2.23. The zero-order valence-electron chi connectivity index (χ0n) is 13.8. The number of para-hydroxylation sites is 1. The molecule has 0 heterocycles. The van der Waals surface area contributed by atoms with Gasteiger partial charge in [-0.05, 0) is 41.3 Å². The van der Waals surface area contributed by atoms with Crippen LogP contribution in [-0.4, -0.2) is 20.6 Å². The molecule has 122 valence electrons. The molecule has 0 fully saturated rings. The molecule has 0 aliphatic heterocycles. The summed E-state index contributed by atoms with van der Waals surface area (Å²) >= 11 is 0. The number of rotatable bonds is 3. The molecule has 2 aromatic carbocycles. The van der Waals surface area contributed by atoms with Gasteiger partial charge in [0.25, 0.3) is 5.91 Å². The minimum Gasteiger partial charge on any atom is -0.322 e. The van der Waals surface area contributed by atoms with Crippen LogP contribution in [0.2, 0.25) is 0 Å². The van der Waals surface area contributed by atoms with Crippen LogP contribution in [-0.2, 0) is 15.3 Å². The summed E-state index contributed by atoms with van der Waals surface area (Å²) in [5.41, 5.74) is 2.13. The van der Waals surface area contributed by atoms with E-state index >= 15 is 0 Å². The molecule has 5 heteroatoms. The highest BCUT2D eigenvalue weighted by atomic mass is 32.2. The van der Waals surface area contributed by atoms with Gasteiger partial charge >= 0.3 is 0 Å². The highest BCUT2D eigenvalue weighted by Gasteiger charge is 2.19. The Morgan fingerprint density at radius 1 is 0.957 bits per heavy atom. The van der Waals surface area contributed by atoms with Crippen LogP contribution in [0.5, 0.6) is 0 Å². The fourth-order valence-corrected chi connectivity index (χ4v) is 2.92. The third kappa shape index (κ3) is 4.20. The number of sulfone groups is 1. The van der Waals surface area contributed by atoms with E-state index in [9.17, 15) is 13.2 Å². The Balaban J connectivity index is 2.27. The third-order valence-electron chi connectivity index (χ3n) is 3.53. The molecular weight excluding hydrogens is 310 g/mol. The zero-order chi connectivity index (χ0) is 17.3. The summed E-state index contributed by atoms with van der Waals surface area (Å²) in [6.45, 7) is 6.25. The van der Waals surface area contributed by atoms with Gasteiger partial charge in [-0.2, -0.15) is 0 Å². The van der Waals surface area contributed by atoms with Gasteiger partial charge < -0.3 is 5.32 Å². The van der Waals surface area contributed by atoms with Crippen molar-refractivity contribution in [2.45, 2.75) is 31.1 Å². The summed E-state index contributed by atoms with van der Waals surface area (Å²) in [7, 11) is -3.26. The van der Waals surface area contributed by atoms with Crippen LogP contribution in [0.1, 0.15) is 36.7 Å². The van der Waals surface area contributed by atoms with Crippen molar-refractivity contribution in [3.63, 3.8) is 0 Å². The van der Waals surface area contributed by atoms with Crippen LogP contribution in [0.4, 0.5) is 5.69 Å². The molecule has 2 aromatic rings. The van der Waals surface area contributed by atoms with Gasteiger partial charge in [-0.15, -0.1) is 0 Å². The maximum Gasteiger partial charge on any atom is 0.255 e. The van der Waals surface area contributed by atoms with Crippen molar-refractivity contribution in [1.29, 1.82) is 0 Å². The molecule has 23 heavy (non-hydrogen) atoms. The second-order valence-electron chi connectivity index (χ2n) is 6.55. The average molecular weight is 331 g/mol. The van der Waals surface area contributed by atoms with Crippen LogP contribution in [0, 0.1) is 0 Å². The fourth-order valence-electron chi connectivity index (χ4n) is 2.29. The van der Waals surface area contributed by atoms with E-state index in [0.29, 0.717) is 5.56 Å². The van der Waals surface area contributed by atoms with Crippen molar-refractivity contribution < 1.29 is 13.2 Å². The van der Waals surface area contributed by atoms with Crippen molar-refractivity contribution in [2.75, 3.05) is 11.6 Å². The molecule has 1 amide bonds. The first-order valence-corrected chi connectivity index (χ1v) is 9.19. The normalized spacial score (nSPS) is 12.0. The predicted molar refractivity (Wildman–Crippen MR) is 92.6 cm³/mol. The molecule has 2 rings (SSSR count). The maximum absolute atomic E-state index is 12.4. The smallest absolute Gasteiger partial charge is 0.255 e. The van der Waals surface area contributed by atoms with Crippen LogP contribution in [0.25, 0.3) is 0 Å². The molecule has 0 atom stereocenters. The molecule has 0 aliphatic rings. The van der Waals surface area contributed by atoms with E-state index < -0.39 is 9.84 Å². The van der Waals surface area contributed by atoms with Crippen LogP contribution >= 0.6 is 0 Å². The van der Waals surface area contributed by atoms with E-state index in [0.717, 1.165) is 17.5 Å². The number of carbonyl (C=O) groups is 1. The number of hydrogen-bond acceptors (Lipinski definition) is 3. The first kappa shape index (κ1) is 17.2. The molecule has 0 radical (unpaired) electrons. The molecule has 0 spiro atoms. The van der Waals surface area contributed by atoms with E-state index in [4.69, 9.17) is 0 Å². The lowest BCUT2D eigenvalue weighted by molar-refractivity contribution is 0.102. The van der Waals surface area contributed by atoms with Crippen molar-refractivity contribution in [2.24, 2.45) is 0 Å².